The van der Waals surface area contributed by atoms with Crippen molar-refractivity contribution < 1.29 is 9.53 Å². The van der Waals surface area contributed by atoms with Crippen LogP contribution in [0.4, 0.5) is 0 Å². The van der Waals surface area contributed by atoms with E-state index in [0.29, 0.717) is 18.0 Å². The first kappa shape index (κ1) is 26.6. The summed E-state index contributed by atoms with van der Waals surface area (Å²) >= 11 is 0. The smallest absolute Gasteiger partial charge is 0.243 e. The second-order valence-electron chi connectivity index (χ2n) is 9.21. The highest BCUT2D eigenvalue weighted by atomic mass is 127. The summed E-state index contributed by atoms with van der Waals surface area (Å²) in [4.78, 5) is 23.4. The van der Waals surface area contributed by atoms with E-state index >= 15 is 0 Å². The summed E-state index contributed by atoms with van der Waals surface area (Å²) < 4.78 is 5.52. The van der Waals surface area contributed by atoms with Gasteiger partial charge in [-0.1, -0.05) is 6.92 Å². The number of carbonyl (C=O) groups excluding carboxylic acids is 1. The van der Waals surface area contributed by atoms with E-state index in [1.54, 1.807) is 19.0 Å². The third kappa shape index (κ3) is 8.66. The Kier molecular flexibility index (Phi) is 11.8. The van der Waals surface area contributed by atoms with Gasteiger partial charge in [0.2, 0.25) is 5.91 Å². The maximum Gasteiger partial charge on any atom is 0.243 e. The maximum absolute atomic E-state index is 12.0. The van der Waals surface area contributed by atoms with Crippen molar-refractivity contribution in [3.05, 3.63) is 0 Å². The number of halogens is 1. The summed E-state index contributed by atoms with van der Waals surface area (Å²) in [5, 5.41) is 7.15. The van der Waals surface area contributed by atoms with Gasteiger partial charge in [0.15, 0.2) is 5.96 Å². The van der Waals surface area contributed by atoms with Gasteiger partial charge < -0.3 is 25.2 Å². The van der Waals surface area contributed by atoms with Gasteiger partial charge in [-0.15, -0.1) is 24.0 Å². The molecular formula is C22H43IN6O2. The molecule has 2 N–H and O–H groups in total. The van der Waals surface area contributed by atoms with Crippen molar-refractivity contribution >= 4 is 35.8 Å². The van der Waals surface area contributed by atoms with Crippen molar-refractivity contribution in [2.24, 2.45) is 10.9 Å². The van der Waals surface area contributed by atoms with Crippen molar-refractivity contribution in [3.8, 4) is 0 Å². The summed E-state index contributed by atoms with van der Waals surface area (Å²) in [7, 11) is 3.56. The van der Waals surface area contributed by atoms with Gasteiger partial charge in [-0.2, -0.15) is 0 Å². The number of nitrogens with zero attached hydrogens (tertiary/aromatic N) is 4. The van der Waals surface area contributed by atoms with Crippen molar-refractivity contribution in [2.45, 2.75) is 51.1 Å². The average molecular weight is 551 g/mol. The molecule has 0 spiro atoms. The van der Waals surface area contributed by atoms with Gasteiger partial charge in [0, 0.05) is 59.0 Å². The number of guanidine groups is 1. The largest absolute Gasteiger partial charge is 0.381 e. The zero-order chi connectivity index (χ0) is 21.3. The standard InChI is InChI=1S/C22H42N6O2.HI/c1-4-28-10-5-6-20(28)14-23-22(24-15-21(29)26(2)3)25-19-7-11-27(12-8-19)16-18-9-13-30-17-18;/h18-20H,4-17H2,1-3H3,(H2,23,24,25);1H. The summed E-state index contributed by atoms with van der Waals surface area (Å²) in [5.74, 6) is 1.52. The second-order valence-corrected chi connectivity index (χ2v) is 9.21. The van der Waals surface area contributed by atoms with Gasteiger partial charge in [0.05, 0.1) is 6.61 Å². The molecular weight excluding hydrogens is 507 g/mol. The normalized spacial score (nSPS) is 26.0. The Labute approximate surface area is 205 Å². The van der Waals surface area contributed by atoms with Gasteiger partial charge in [-0.05, 0) is 51.1 Å². The molecule has 31 heavy (non-hydrogen) atoms. The van der Waals surface area contributed by atoms with Crippen LogP contribution in [-0.4, -0.2) is 112 Å². The monoisotopic (exact) mass is 550 g/mol. The number of carbonyl (C=O) groups is 1. The van der Waals surface area contributed by atoms with Crippen LogP contribution in [0.5, 0.6) is 0 Å². The van der Waals surface area contributed by atoms with Crippen LogP contribution in [0.25, 0.3) is 0 Å². The number of aliphatic imine (C=N–C) groups is 1. The second kappa shape index (κ2) is 13.8. The van der Waals surface area contributed by atoms with E-state index in [4.69, 9.17) is 4.74 Å². The molecule has 0 aromatic rings. The lowest BCUT2D eigenvalue weighted by molar-refractivity contribution is -0.127. The minimum Gasteiger partial charge on any atom is -0.381 e. The van der Waals surface area contributed by atoms with Crippen LogP contribution in [0.3, 0.4) is 0 Å². The van der Waals surface area contributed by atoms with E-state index < -0.39 is 0 Å². The van der Waals surface area contributed by atoms with Gasteiger partial charge >= 0.3 is 0 Å². The molecule has 2 unspecified atom stereocenters. The van der Waals surface area contributed by atoms with Crippen LogP contribution >= 0.6 is 24.0 Å². The molecule has 3 aliphatic heterocycles. The van der Waals surface area contributed by atoms with Gasteiger partial charge in [0.1, 0.15) is 6.54 Å². The average Bonchev–Trinajstić information content (AvgIpc) is 3.42. The van der Waals surface area contributed by atoms with Gasteiger partial charge in [-0.3, -0.25) is 9.69 Å². The molecule has 0 saturated carbocycles. The molecule has 3 fully saturated rings. The number of hydrogen-bond acceptors (Lipinski definition) is 5. The topological polar surface area (TPSA) is 72.4 Å². The number of rotatable bonds is 8. The summed E-state index contributed by atoms with van der Waals surface area (Å²) in [6.45, 7) is 10.8. The predicted molar refractivity (Wildman–Crippen MR) is 136 cm³/mol. The first-order valence-corrected chi connectivity index (χ1v) is 11.8. The van der Waals surface area contributed by atoms with Gasteiger partial charge in [0.25, 0.3) is 0 Å². The molecule has 0 radical (unpaired) electrons. The molecule has 0 aliphatic carbocycles. The molecule has 9 heteroatoms. The van der Waals surface area contributed by atoms with Crippen LogP contribution in [0.1, 0.15) is 39.0 Å². The van der Waals surface area contributed by atoms with Crippen LogP contribution < -0.4 is 10.6 Å². The van der Waals surface area contributed by atoms with Crippen molar-refractivity contribution in [1.29, 1.82) is 0 Å². The van der Waals surface area contributed by atoms with E-state index in [2.05, 4.69) is 32.3 Å². The van der Waals surface area contributed by atoms with Crippen LogP contribution in [-0.2, 0) is 9.53 Å². The highest BCUT2D eigenvalue weighted by molar-refractivity contribution is 14.0. The number of piperidine rings is 1. The van der Waals surface area contributed by atoms with Crippen molar-refractivity contribution in [2.75, 3.05) is 73.1 Å². The molecule has 3 heterocycles. The fourth-order valence-corrected chi connectivity index (χ4v) is 4.74. The maximum atomic E-state index is 12.0. The zero-order valence-electron chi connectivity index (χ0n) is 19.6. The number of likely N-dealkylation sites (N-methyl/N-ethyl adjacent to an activating group) is 2. The Morgan fingerprint density at radius 2 is 1.94 bits per heavy atom. The summed E-state index contributed by atoms with van der Waals surface area (Å²) in [6, 6.07) is 0.967. The van der Waals surface area contributed by atoms with Gasteiger partial charge in [-0.25, -0.2) is 4.99 Å². The Bertz CT molecular complexity index is 562. The third-order valence-corrected chi connectivity index (χ3v) is 6.75. The molecule has 8 nitrogen and oxygen atoms in total. The minimum absolute atomic E-state index is 0. The third-order valence-electron chi connectivity index (χ3n) is 6.75. The zero-order valence-corrected chi connectivity index (χ0v) is 22.0. The Hall–Kier alpha value is -0.650. The number of nitrogens with one attached hydrogen (secondary N) is 2. The summed E-state index contributed by atoms with van der Waals surface area (Å²) in [5.41, 5.74) is 0. The van der Waals surface area contributed by atoms with Crippen LogP contribution in [0, 0.1) is 5.92 Å². The lowest BCUT2D eigenvalue weighted by atomic mass is 10.0. The molecule has 2 atom stereocenters. The molecule has 3 aliphatic rings. The predicted octanol–water partition coefficient (Wildman–Crippen LogP) is 1.21. The molecule has 3 saturated heterocycles. The van der Waals surface area contributed by atoms with Crippen LogP contribution in [0.2, 0.25) is 0 Å². The number of ether oxygens (including phenoxy) is 1. The summed E-state index contributed by atoms with van der Waals surface area (Å²) in [6.07, 6.45) is 5.92. The number of amides is 1. The first-order valence-electron chi connectivity index (χ1n) is 11.8. The molecule has 0 bridgehead atoms. The highest BCUT2D eigenvalue weighted by Gasteiger charge is 2.26. The Morgan fingerprint density at radius 1 is 1.16 bits per heavy atom. The first-order chi connectivity index (χ1) is 14.5. The number of hydrogen-bond donors (Lipinski definition) is 2. The van der Waals surface area contributed by atoms with E-state index in [1.165, 1.54) is 25.8 Å². The molecule has 180 valence electrons. The lowest BCUT2D eigenvalue weighted by Crippen LogP contribution is -2.51. The molecule has 0 aromatic carbocycles. The Morgan fingerprint density at radius 3 is 2.58 bits per heavy atom. The lowest BCUT2D eigenvalue weighted by Gasteiger charge is -2.34. The highest BCUT2D eigenvalue weighted by Crippen LogP contribution is 2.18. The van der Waals surface area contributed by atoms with E-state index in [-0.39, 0.29) is 36.4 Å². The van der Waals surface area contributed by atoms with E-state index in [1.807, 2.05) is 0 Å². The SMILES string of the molecule is CCN1CCCC1CNC(=NCC(=O)N(C)C)NC1CCN(CC2CCOC2)CC1.I. The fraction of sp³-hybridized carbons (Fsp3) is 0.909. The molecule has 1 amide bonds. The quantitative estimate of drug-likeness (QED) is 0.269. The molecule has 0 aromatic heterocycles. The van der Waals surface area contributed by atoms with E-state index in [0.717, 1.165) is 64.7 Å². The molecule has 3 rings (SSSR count). The fourth-order valence-electron chi connectivity index (χ4n) is 4.74. The van der Waals surface area contributed by atoms with Crippen LogP contribution in [0.15, 0.2) is 4.99 Å². The van der Waals surface area contributed by atoms with E-state index in [9.17, 15) is 4.79 Å². The van der Waals surface area contributed by atoms with Crippen molar-refractivity contribution in [1.82, 2.24) is 25.3 Å². The van der Waals surface area contributed by atoms with Crippen molar-refractivity contribution in [3.63, 3.8) is 0 Å². The number of likely N-dealkylation sites (tertiary alicyclic amines) is 2. The minimum atomic E-state index is 0. The Balaban J connectivity index is 0.00000341.